The third-order valence-corrected chi connectivity index (χ3v) is 6.13. The monoisotopic (exact) mass is 424 g/mol. The van der Waals surface area contributed by atoms with Crippen LogP contribution in [0.1, 0.15) is 62.5 Å². The second-order valence-corrected chi connectivity index (χ2v) is 8.66. The molecule has 0 aliphatic heterocycles. The number of aryl methyl sites for hydroxylation is 1. The number of furan rings is 1. The van der Waals surface area contributed by atoms with E-state index in [1.807, 2.05) is 47.1 Å². The first-order chi connectivity index (χ1) is 15.1. The van der Waals surface area contributed by atoms with Crippen molar-refractivity contribution in [2.24, 2.45) is 5.92 Å². The zero-order chi connectivity index (χ0) is 22.1. The molecule has 1 aromatic carbocycles. The van der Waals surface area contributed by atoms with E-state index in [0.29, 0.717) is 19.6 Å². The molecule has 5 nitrogen and oxygen atoms in total. The molecule has 31 heavy (non-hydrogen) atoms. The van der Waals surface area contributed by atoms with Crippen LogP contribution in [0.2, 0.25) is 0 Å². The fraction of sp³-hybridized carbons (Fsp3) is 0.538. The molecule has 1 heterocycles. The van der Waals surface area contributed by atoms with Crippen LogP contribution in [-0.2, 0) is 22.6 Å². The van der Waals surface area contributed by atoms with Crippen molar-refractivity contribution in [3.8, 4) is 0 Å². The molecule has 1 saturated carbocycles. The van der Waals surface area contributed by atoms with E-state index >= 15 is 0 Å². The summed E-state index contributed by atoms with van der Waals surface area (Å²) in [6.07, 6.45) is 6.93. The number of unbranched alkanes of at least 4 members (excludes halogenated alkanes) is 2. The lowest BCUT2D eigenvalue weighted by Gasteiger charge is -2.33. The van der Waals surface area contributed by atoms with Gasteiger partial charge >= 0.3 is 0 Å². The SMILES string of the molecule is CCCCCN(CC(=O)N(CCc1ccccc1)Cc1ccc(C)o1)C(=O)C1CCC1. The average Bonchev–Trinajstić information content (AvgIpc) is 3.14. The van der Waals surface area contributed by atoms with Gasteiger partial charge < -0.3 is 14.2 Å². The van der Waals surface area contributed by atoms with E-state index in [9.17, 15) is 9.59 Å². The second-order valence-electron chi connectivity index (χ2n) is 8.66. The highest BCUT2D eigenvalue weighted by Crippen LogP contribution is 2.28. The van der Waals surface area contributed by atoms with Gasteiger partial charge in [0.2, 0.25) is 11.8 Å². The molecule has 2 aromatic rings. The van der Waals surface area contributed by atoms with Crippen molar-refractivity contribution in [2.45, 2.75) is 65.3 Å². The summed E-state index contributed by atoms with van der Waals surface area (Å²) in [5.41, 5.74) is 1.20. The Hall–Kier alpha value is -2.56. The smallest absolute Gasteiger partial charge is 0.242 e. The van der Waals surface area contributed by atoms with Crippen LogP contribution in [0.4, 0.5) is 0 Å². The summed E-state index contributed by atoms with van der Waals surface area (Å²) in [6.45, 7) is 5.92. The summed E-state index contributed by atoms with van der Waals surface area (Å²) >= 11 is 0. The Morgan fingerprint density at radius 2 is 1.77 bits per heavy atom. The summed E-state index contributed by atoms with van der Waals surface area (Å²) in [6, 6.07) is 14.0. The first-order valence-electron chi connectivity index (χ1n) is 11.7. The Kier molecular flexibility index (Phi) is 8.74. The van der Waals surface area contributed by atoms with Crippen LogP contribution in [-0.4, -0.2) is 41.2 Å². The minimum atomic E-state index is -0.00541. The molecule has 0 bridgehead atoms. The average molecular weight is 425 g/mol. The van der Waals surface area contributed by atoms with Crippen LogP contribution in [0.15, 0.2) is 46.9 Å². The molecule has 5 heteroatoms. The quantitative estimate of drug-likeness (QED) is 0.452. The van der Waals surface area contributed by atoms with Gasteiger partial charge in [-0.05, 0) is 50.3 Å². The highest BCUT2D eigenvalue weighted by atomic mass is 16.3. The molecule has 0 saturated heterocycles. The zero-order valence-corrected chi connectivity index (χ0v) is 19.0. The lowest BCUT2D eigenvalue weighted by Crippen LogP contribution is -2.46. The Balaban J connectivity index is 1.68. The Labute approximate surface area is 186 Å². The fourth-order valence-electron chi connectivity index (χ4n) is 3.96. The van der Waals surface area contributed by atoms with E-state index < -0.39 is 0 Å². The highest BCUT2D eigenvalue weighted by Gasteiger charge is 2.31. The molecule has 0 N–H and O–H groups in total. The van der Waals surface area contributed by atoms with Gasteiger partial charge in [0.05, 0.1) is 13.1 Å². The topological polar surface area (TPSA) is 53.8 Å². The Morgan fingerprint density at radius 1 is 1.00 bits per heavy atom. The van der Waals surface area contributed by atoms with Crippen molar-refractivity contribution in [2.75, 3.05) is 19.6 Å². The van der Waals surface area contributed by atoms with E-state index in [-0.39, 0.29) is 24.3 Å². The molecule has 1 fully saturated rings. The predicted molar refractivity (Wildman–Crippen MR) is 122 cm³/mol. The maximum Gasteiger partial charge on any atom is 0.242 e. The third-order valence-electron chi connectivity index (χ3n) is 6.13. The molecule has 2 amide bonds. The Morgan fingerprint density at radius 3 is 2.39 bits per heavy atom. The van der Waals surface area contributed by atoms with Gasteiger partial charge in [0, 0.05) is 19.0 Å². The largest absolute Gasteiger partial charge is 0.464 e. The lowest BCUT2D eigenvalue weighted by molar-refractivity contribution is -0.145. The fourth-order valence-corrected chi connectivity index (χ4v) is 3.96. The van der Waals surface area contributed by atoms with Crippen LogP contribution in [0, 0.1) is 12.8 Å². The number of carbonyl (C=O) groups excluding carboxylic acids is 2. The lowest BCUT2D eigenvalue weighted by atomic mass is 9.84. The van der Waals surface area contributed by atoms with E-state index in [4.69, 9.17) is 4.42 Å². The van der Waals surface area contributed by atoms with Gasteiger partial charge in [-0.15, -0.1) is 0 Å². The van der Waals surface area contributed by atoms with E-state index in [2.05, 4.69) is 19.1 Å². The number of hydrogen-bond acceptors (Lipinski definition) is 3. The van der Waals surface area contributed by atoms with E-state index in [1.165, 1.54) is 5.56 Å². The predicted octanol–water partition coefficient (Wildman–Crippen LogP) is 4.98. The standard InChI is InChI=1S/C26H36N2O3/c1-3-4-8-17-28(26(30)23-12-9-13-23)20-25(29)27(19-24-15-14-21(2)31-24)18-16-22-10-6-5-7-11-22/h5-7,10-11,14-15,23H,3-4,8-9,12-13,16-20H2,1-2H3. The molecule has 0 unspecified atom stereocenters. The highest BCUT2D eigenvalue weighted by molar-refractivity contribution is 5.86. The molecule has 0 spiro atoms. The summed E-state index contributed by atoms with van der Waals surface area (Å²) < 4.78 is 5.74. The Bertz CT molecular complexity index is 826. The molecule has 1 aliphatic rings. The molecular formula is C26H36N2O3. The van der Waals surface area contributed by atoms with Crippen LogP contribution < -0.4 is 0 Å². The maximum atomic E-state index is 13.3. The summed E-state index contributed by atoms with van der Waals surface area (Å²) in [7, 11) is 0. The van der Waals surface area contributed by atoms with Gasteiger partial charge in [0.15, 0.2) is 0 Å². The first kappa shape index (κ1) is 23.1. The maximum absolute atomic E-state index is 13.3. The third kappa shape index (κ3) is 6.98. The van der Waals surface area contributed by atoms with Crippen molar-refractivity contribution in [1.82, 2.24) is 9.80 Å². The molecule has 1 aromatic heterocycles. The molecule has 3 rings (SSSR count). The van der Waals surface area contributed by atoms with Crippen molar-refractivity contribution in [3.05, 3.63) is 59.5 Å². The van der Waals surface area contributed by atoms with Gasteiger partial charge in [-0.2, -0.15) is 0 Å². The van der Waals surface area contributed by atoms with Gasteiger partial charge in [-0.3, -0.25) is 9.59 Å². The molecule has 0 radical (unpaired) electrons. The van der Waals surface area contributed by atoms with Crippen LogP contribution in [0.25, 0.3) is 0 Å². The van der Waals surface area contributed by atoms with Gasteiger partial charge in [0.1, 0.15) is 11.5 Å². The van der Waals surface area contributed by atoms with Gasteiger partial charge in [0.25, 0.3) is 0 Å². The first-order valence-corrected chi connectivity index (χ1v) is 11.7. The number of carbonyl (C=O) groups is 2. The van der Waals surface area contributed by atoms with Crippen molar-refractivity contribution in [3.63, 3.8) is 0 Å². The molecule has 0 atom stereocenters. The molecule has 1 aliphatic carbocycles. The van der Waals surface area contributed by atoms with Crippen LogP contribution >= 0.6 is 0 Å². The number of amides is 2. The van der Waals surface area contributed by atoms with Gasteiger partial charge in [-0.1, -0.05) is 56.5 Å². The number of benzene rings is 1. The molecule has 168 valence electrons. The van der Waals surface area contributed by atoms with E-state index in [1.54, 1.807) is 0 Å². The van der Waals surface area contributed by atoms with Crippen molar-refractivity contribution in [1.29, 1.82) is 0 Å². The number of rotatable bonds is 12. The second kappa shape index (κ2) is 11.7. The van der Waals surface area contributed by atoms with Crippen molar-refractivity contribution >= 4 is 11.8 Å². The van der Waals surface area contributed by atoms with Crippen LogP contribution in [0.5, 0.6) is 0 Å². The van der Waals surface area contributed by atoms with Crippen LogP contribution in [0.3, 0.4) is 0 Å². The number of hydrogen-bond donors (Lipinski definition) is 0. The minimum Gasteiger partial charge on any atom is -0.464 e. The summed E-state index contributed by atoms with van der Waals surface area (Å²) in [5, 5.41) is 0. The van der Waals surface area contributed by atoms with Crippen molar-refractivity contribution < 1.29 is 14.0 Å². The summed E-state index contributed by atoms with van der Waals surface area (Å²) in [5.74, 6) is 1.88. The minimum absolute atomic E-state index is 0.00541. The van der Waals surface area contributed by atoms with Gasteiger partial charge in [-0.25, -0.2) is 0 Å². The normalized spacial score (nSPS) is 13.6. The van der Waals surface area contributed by atoms with E-state index in [0.717, 1.165) is 56.5 Å². The summed E-state index contributed by atoms with van der Waals surface area (Å²) in [4.78, 5) is 29.9. The molecular weight excluding hydrogens is 388 g/mol. The zero-order valence-electron chi connectivity index (χ0n) is 19.0. The number of nitrogens with zero attached hydrogens (tertiary/aromatic N) is 2.